The van der Waals surface area contributed by atoms with Gasteiger partial charge in [0, 0.05) is 17.1 Å². The van der Waals surface area contributed by atoms with Gasteiger partial charge in [-0.15, -0.1) is 0 Å². The number of hydrogen-bond acceptors (Lipinski definition) is 0. The van der Waals surface area contributed by atoms with Gasteiger partial charge in [0.1, 0.15) is 0 Å². The van der Waals surface area contributed by atoms with Crippen LogP contribution in [0.4, 0.5) is 0 Å². The molecule has 0 heterocycles. The molecule has 0 aromatic heterocycles. The summed E-state index contributed by atoms with van der Waals surface area (Å²) in [5.74, 6) is 0. The van der Waals surface area contributed by atoms with E-state index in [4.69, 9.17) is 9.30 Å². The number of rotatable bonds is 0. The Morgan fingerprint density at radius 3 is 1.30 bits per heavy atom. The van der Waals surface area contributed by atoms with Gasteiger partial charge >= 0.3 is 22.6 Å². The van der Waals surface area contributed by atoms with Crippen molar-refractivity contribution in [3.63, 3.8) is 0 Å². The zero-order chi connectivity index (χ0) is 7.54. The third-order valence-corrected chi connectivity index (χ3v) is 0.351. The summed E-state index contributed by atoms with van der Waals surface area (Å²) < 4.78 is 15.0. The maximum atomic E-state index is 7.50. The van der Waals surface area contributed by atoms with Gasteiger partial charge < -0.3 is 30.3 Å². The van der Waals surface area contributed by atoms with Crippen LogP contribution in [-0.2, 0) is 26.4 Å². The predicted octanol–water partition coefficient (Wildman–Crippen LogP) is 0.529. The Morgan fingerprint density at radius 2 is 1.20 bits per heavy atom. The van der Waals surface area contributed by atoms with E-state index in [0.717, 1.165) is 0 Å². The largest absolute Gasteiger partial charge is 0.999 e. The molecule has 0 N–H and O–H groups in total. The van der Waals surface area contributed by atoms with Gasteiger partial charge in [-0.05, 0) is 0 Å². The fourth-order valence-corrected chi connectivity index (χ4v) is 0.180. The molecule has 0 bridgehead atoms. The van der Waals surface area contributed by atoms with Gasteiger partial charge in [0.15, 0.2) is 0 Å². The second-order valence-corrected chi connectivity index (χ2v) is 0.683. The van der Waals surface area contributed by atoms with Crippen molar-refractivity contribution in [3.8, 4) is 0 Å². The first-order valence-electron chi connectivity index (χ1n) is 1.74. The molecule has 0 fully saturated rings. The summed E-state index contributed by atoms with van der Waals surface area (Å²) in [6.45, 7) is 9.00. The zero-order valence-electron chi connectivity index (χ0n) is 4.77. The average molecular weight is 172 g/mol. The van der Waals surface area contributed by atoms with Gasteiger partial charge in [-0.25, -0.2) is 0 Å². The van der Waals surface area contributed by atoms with E-state index in [9.17, 15) is 0 Å². The van der Waals surface area contributed by atoms with Crippen molar-refractivity contribution in [1.29, 1.82) is 0 Å². The van der Waals surface area contributed by atoms with Gasteiger partial charge in [0.2, 0.25) is 0 Å². The van der Waals surface area contributed by atoms with Crippen LogP contribution in [0.15, 0.2) is 6.07 Å². The third kappa shape index (κ3) is 15.7. The van der Waals surface area contributed by atoms with Gasteiger partial charge in [-0.3, -0.25) is 0 Å². The first kappa shape index (κ1) is 16.2. The van der Waals surface area contributed by atoms with E-state index in [1.165, 1.54) is 0 Å². The minimum Gasteiger partial charge on any atom is -0.999 e. The van der Waals surface area contributed by atoms with Crippen LogP contribution in [0.3, 0.4) is 0 Å². The molecule has 1 aromatic rings. The number of hydrogen-bond donors (Lipinski definition) is 0. The van der Waals surface area contributed by atoms with E-state index < -0.39 is 0 Å². The van der Waals surface area contributed by atoms with Gasteiger partial charge in [0.25, 0.3) is 0 Å². The molecule has 0 amide bonds. The molecule has 0 saturated heterocycles. The molecule has 0 atom stereocenters. The minimum absolute atomic E-state index is 0. The molecule has 0 aliphatic carbocycles. The monoisotopic (exact) mass is 172 g/mol. The van der Waals surface area contributed by atoms with E-state index >= 15 is 0 Å². The Hall–Kier alpha value is -0.651. The van der Waals surface area contributed by atoms with Crippen molar-refractivity contribution < 1.29 is 26.4 Å². The molecular formula is C7HMnO2-5. The molecule has 1 radical (unpaired) electrons. The first-order valence-corrected chi connectivity index (χ1v) is 1.74. The molecule has 10 heavy (non-hydrogen) atoms. The van der Waals surface area contributed by atoms with E-state index in [2.05, 4.69) is 37.6 Å². The molecule has 0 aliphatic rings. The Labute approximate surface area is 70.5 Å². The second-order valence-electron chi connectivity index (χ2n) is 0.683. The molecule has 0 spiro atoms. The smallest absolute Gasteiger partial charge is 0 e. The van der Waals surface area contributed by atoms with Gasteiger partial charge in [0.05, 0.1) is 0 Å². The predicted molar refractivity (Wildman–Crippen MR) is 25.2 cm³/mol. The van der Waals surface area contributed by atoms with Gasteiger partial charge in [-0.1, -0.05) is 0 Å². The Balaban J connectivity index is -0.0000000875. The van der Waals surface area contributed by atoms with Gasteiger partial charge in [-0.2, -0.15) is 0 Å². The molecule has 3 heteroatoms. The first-order chi connectivity index (χ1) is 4.50. The molecule has 2 nitrogen and oxygen atoms in total. The summed E-state index contributed by atoms with van der Waals surface area (Å²) >= 11 is 0. The molecule has 53 valence electrons. The molecule has 1 rings (SSSR count). The fraction of sp³-hybridized carbons (Fsp3) is 0. The summed E-state index contributed by atoms with van der Waals surface area (Å²) in [5.41, 5.74) is 0. The van der Waals surface area contributed by atoms with Crippen LogP contribution in [0, 0.1) is 37.6 Å². The Bertz CT molecular complexity index is 118. The van der Waals surface area contributed by atoms with Crippen molar-refractivity contribution in [3.05, 3.63) is 43.6 Å². The SMILES string of the molecule is [C-]#[O+].[C-]#[O+].[Mn].[c-]1[c-][c-][cH-][c-]1. The van der Waals surface area contributed by atoms with Crippen molar-refractivity contribution in [2.45, 2.75) is 0 Å². The molecule has 1 aromatic carbocycles. The van der Waals surface area contributed by atoms with E-state index in [1.54, 1.807) is 6.07 Å². The maximum absolute atomic E-state index is 7.50. The quantitative estimate of drug-likeness (QED) is 0.311. The van der Waals surface area contributed by atoms with Crippen molar-refractivity contribution in [1.82, 2.24) is 0 Å². The fourth-order valence-electron chi connectivity index (χ4n) is 0.180. The summed E-state index contributed by atoms with van der Waals surface area (Å²) in [4.78, 5) is 0. The third-order valence-electron chi connectivity index (χ3n) is 0.351. The average Bonchev–Trinajstić information content (AvgIpc) is 2.51. The molecule has 0 saturated carbocycles. The Morgan fingerprint density at radius 1 is 0.900 bits per heavy atom. The van der Waals surface area contributed by atoms with E-state index in [1.807, 2.05) is 0 Å². The zero-order valence-corrected chi connectivity index (χ0v) is 5.95. The van der Waals surface area contributed by atoms with Crippen molar-refractivity contribution in [2.75, 3.05) is 0 Å². The van der Waals surface area contributed by atoms with Crippen LogP contribution in [0.1, 0.15) is 0 Å². The van der Waals surface area contributed by atoms with E-state index in [0.29, 0.717) is 0 Å². The molecular weight excluding hydrogens is 171 g/mol. The van der Waals surface area contributed by atoms with Crippen LogP contribution in [0.25, 0.3) is 0 Å². The van der Waals surface area contributed by atoms with E-state index in [-0.39, 0.29) is 17.1 Å². The summed E-state index contributed by atoms with van der Waals surface area (Å²) in [6, 6.07) is 12.0. The molecule has 0 unspecified atom stereocenters. The van der Waals surface area contributed by atoms with Crippen LogP contribution in [-0.4, -0.2) is 0 Å². The second kappa shape index (κ2) is 23.8. The summed E-state index contributed by atoms with van der Waals surface area (Å²) in [6.07, 6.45) is 0. The summed E-state index contributed by atoms with van der Waals surface area (Å²) in [7, 11) is 0. The van der Waals surface area contributed by atoms with Crippen LogP contribution < -0.4 is 0 Å². The topological polar surface area (TPSA) is 39.8 Å². The van der Waals surface area contributed by atoms with Crippen LogP contribution >= 0.6 is 0 Å². The summed E-state index contributed by atoms with van der Waals surface area (Å²) in [5, 5.41) is 0. The Kier molecular flexibility index (Phi) is 38.5. The molecule has 0 aliphatic heterocycles. The standard InChI is InChI=1S/C5H.2CO.Mn/c1-2-4-5-3-1;2*1-2;/h1H;;;/q-5;;;. The maximum Gasteiger partial charge on any atom is 0 e. The van der Waals surface area contributed by atoms with Crippen LogP contribution in [0.5, 0.6) is 0 Å². The minimum atomic E-state index is 0. The van der Waals surface area contributed by atoms with Crippen molar-refractivity contribution >= 4 is 0 Å². The normalized spacial score (nSPS) is 4.40. The van der Waals surface area contributed by atoms with Crippen molar-refractivity contribution in [2.24, 2.45) is 0 Å². The van der Waals surface area contributed by atoms with Crippen LogP contribution in [0.2, 0.25) is 0 Å².